The van der Waals surface area contributed by atoms with Crippen molar-refractivity contribution in [2.45, 2.75) is 46.0 Å². The monoisotopic (exact) mass is 371 g/mol. The number of allylic oxidation sites excluding steroid dienone is 4. The van der Waals surface area contributed by atoms with Gasteiger partial charge in [-0.15, -0.1) is 5.10 Å². The van der Waals surface area contributed by atoms with Crippen LogP contribution in [-0.2, 0) is 12.8 Å². The number of aromatic nitrogens is 5. The molecule has 0 aliphatic heterocycles. The summed E-state index contributed by atoms with van der Waals surface area (Å²) in [6.45, 7) is 4.12. The third kappa shape index (κ3) is 3.52. The van der Waals surface area contributed by atoms with E-state index in [0.717, 1.165) is 29.7 Å². The fourth-order valence-corrected chi connectivity index (χ4v) is 3.94. The van der Waals surface area contributed by atoms with Crippen LogP contribution < -0.4 is 0 Å². The Morgan fingerprint density at radius 2 is 1.86 bits per heavy atom. The Kier molecular flexibility index (Phi) is 5.42. The molecule has 1 aliphatic rings. The van der Waals surface area contributed by atoms with E-state index in [0.29, 0.717) is 5.82 Å². The first-order valence-corrected chi connectivity index (χ1v) is 9.94. The number of fused-ring (bicyclic) bond motifs is 1. The van der Waals surface area contributed by atoms with Crippen LogP contribution in [0.2, 0.25) is 0 Å². The average molecular weight is 371 g/mol. The maximum absolute atomic E-state index is 5.15. The van der Waals surface area contributed by atoms with E-state index in [1.54, 1.807) is 0 Å². The lowest BCUT2D eigenvalue weighted by molar-refractivity contribution is 0.708. The first-order chi connectivity index (χ1) is 13.8. The molecule has 142 valence electrons. The summed E-state index contributed by atoms with van der Waals surface area (Å²) in [6.07, 6.45) is 11.9. The molecule has 0 atom stereocenters. The molecule has 0 fully saturated rings. The van der Waals surface area contributed by atoms with E-state index in [-0.39, 0.29) is 0 Å². The van der Waals surface area contributed by atoms with Crippen molar-refractivity contribution in [2.24, 2.45) is 0 Å². The molecule has 0 amide bonds. The summed E-state index contributed by atoms with van der Waals surface area (Å²) in [5.41, 5.74) is 8.03. The average Bonchev–Trinajstić information content (AvgIpc) is 3.16. The van der Waals surface area contributed by atoms with Gasteiger partial charge in [-0.3, -0.25) is 4.98 Å². The number of aromatic amines is 1. The molecule has 0 bridgehead atoms. The number of nitrogens with zero attached hydrogens (tertiary/aromatic N) is 4. The second-order valence-electron chi connectivity index (χ2n) is 7.19. The Morgan fingerprint density at radius 1 is 1.04 bits per heavy atom. The summed E-state index contributed by atoms with van der Waals surface area (Å²) in [6, 6.07) is 10.6. The van der Waals surface area contributed by atoms with Gasteiger partial charge in [-0.1, -0.05) is 55.0 Å². The number of hydrogen-bond donors (Lipinski definition) is 1. The van der Waals surface area contributed by atoms with Gasteiger partial charge in [-0.25, -0.2) is 5.10 Å². The van der Waals surface area contributed by atoms with Crippen LogP contribution in [0.1, 0.15) is 50.1 Å². The van der Waals surface area contributed by atoms with E-state index in [9.17, 15) is 0 Å². The molecule has 28 heavy (non-hydrogen) atoms. The maximum atomic E-state index is 5.15. The molecule has 0 radical (unpaired) electrons. The number of nitrogens with one attached hydrogen (secondary N) is 1. The van der Waals surface area contributed by atoms with Gasteiger partial charge in [0.1, 0.15) is 0 Å². The molecule has 5 nitrogen and oxygen atoms in total. The third-order valence-corrected chi connectivity index (χ3v) is 5.28. The number of tetrazole rings is 1. The molecule has 1 aliphatic carbocycles. The Hall–Kier alpha value is -3.08. The Morgan fingerprint density at radius 3 is 2.61 bits per heavy atom. The Bertz CT molecular complexity index is 1000. The topological polar surface area (TPSA) is 67.3 Å². The molecule has 0 saturated carbocycles. The summed E-state index contributed by atoms with van der Waals surface area (Å²) in [5.74, 6) is 0.668. The highest BCUT2D eigenvalue weighted by Gasteiger charge is 2.25. The molecule has 2 aromatic heterocycles. The number of pyridine rings is 1. The Balaban J connectivity index is 2.08. The molecular weight excluding hydrogens is 346 g/mol. The summed E-state index contributed by atoms with van der Waals surface area (Å²) >= 11 is 0. The first-order valence-electron chi connectivity index (χ1n) is 9.94. The fourth-order valence-electron chi connectivity index (χ4n) is 3.94. The van der Waals surface area contributed by atoms with E-state index < -0.39 is 0 Å². The third-order valence-electron chi connectivity index (χ3n) is 5.28. The lowest BCUT2D eigenvalue weighted by atomic mass is 9.88. The van der Waals surface area contributed by atoms with Crippen LogP contribution in [0.5, 0.6) is 0 Å². The van der Waals surface area contributed by atoms with E-state index in [1.165, 1.54) is 41.6 Å². The largest absolute Gasteiger partial charge is 0.252 e. The SMILES string of the molecule is C/C=C\C=C(/C)c1nc2c(c(-c3ccccc3)c1-c1nnn[nH]1)CCCCC2. The van der Waals surface area contributed by atoms with Crippen molar-refractivity contribution < 1.29 is 0 Å². The predicted octanol–water partition coefficient (Wildman–Crippen LogP) is 5.18. The summed E-state index contributed by atoms with van der Waals surface area (Å²) < 4.78 is 0. The molecule has 1 aromatic carbocycles. The molecule has 4 rings (SSSR count). The van der Waals surface area contributed by atoms with Crippen LogP contribution in [0, 0.1) is 0 Å². The van der Waals surface area contributed by atoms with Crippen molar-refractivity contribution in [1.29, 1.82) is 0 Å². The molecule has 0 spiro atoms. The number of aryl methyl sites for hydroxylation is 1. The zero-order chi connectivity index (χ0) is 19.3. The minimum Gasteiger partial charge on any atom is -0.252 e. The predicted molar refractivity (Wildman–Crippen MR) is 113 cm³/mol. The zero-order valence-electron chi connectivity index (χ0n) is 16.4. The summed E-state index contributed by atoms with van der Waals surface area (Å²) in [7, 11) is 0. The highest BCUT2D eigenvalue weighted by molar-refractivity contribution is 5.90. The van der Waals surface area contributed by atoms with Gasteiger partial charge >= 0.3 is 0 Å². The molecule has 0 unspecified atom stereocenters. The normalized spacial score (nSPS) is 14.9. The summed E-state index contributed by atoms with van der Waals surface area (Å²) in [4.78, 5) is 5.15. The van der Waals surface area contributed by atoms with Crippen molar-refractivity contribution in [3.8, 4) is 22.5 Å². The van der Waals surface area contributed by atoms with Gasteiger partial charge in [-0.05, 0) is 72.2 Å². The quantitative estimate of drug-likeness (QED) is 0.507. The molecule has 5 heteroatoms. The van der Waals surface area contributed by atoms with Crippen LogP contribution in [0.15, 0.2) is 48.6 Å². The van der Waals surface area contributed by atoms with Gasteiger partial charge in [-0.2, -0.15) is 0 Å². The van der Waals surface area contributed by atoms with Crippen LogP contribution in [0.3, 0.4) is 0 Å². The fraction of sp³-hybridized carbons (Fsp3) is 0.304. The van der Waals surface area contributed by atoms with Gasteiger partial charge in [0.05, 0.1) is 11.3 Å². The standard InChI is InChI=1S/C23H25N5/c1-3-4-11-16(2)22-21(23-25-27-28-26-23)20(17-12-7-5-8-13-17)18-14-9-6-10-15-19(18)24-22/h3-5,7-8,11-13H,6,9-10,14-15H2,1-2H3,(H,25,26,27,28)/b4-3-,16-11+. The van der Waals surface area contributed by atoms with Gasteiger partial charge < -0.3 is 0 Å². The highest BCUT2D eigenvalue weighted by atomic mass is 15.5. The minimum absolute atomic E-state index is 0.668. The van der Waals surface area contributed by atoms with Crippen molar-refractivity contribution in [3.63, 3.8) is 0 Å². The molecule has 3 aromatic rings. The molecule has 2 heterocycles. The molecule has 1 N–H and O–H groups in total. The van der Waals surface area contributed by atoms with Crippen molar-refractivity contribution in [1.82, 2.24) is 25.6 Å². The highest BCUT2D eigenvalue weighted by Crippen LogP contribution is 2.40. The van der Waals surface area contributed by atoms with Crippen LogP contribution >= 0.6 is 0 Å². The second kappa shape index (κ2) is 8.30. The van der Waals surface area contributed by atoms with Crippen molar-refractivity contribution in [2.75, 3.05) is 0 Å². The van der Waals surface area contributed by atoms with Gasteiger partial charge in [0.25, 0.3) is 0 Å². The van der Waals surface area contributed by atoms with E-state index in [1.807, 2.05) is 19.1 Å². The number of benzene rings is 1. The molecule has 0 saturated heterocycles. The smallest absolute Gasteiger partial charge is 0.182 e. The van der Waals surface area contributed by atoms with Crippen LogP contribution in [-0.4, -0.2) is 25.6 Å². The second-order valence-corrected chi connectivity index (χ2v) is 7.19. The molecular formula is C23H25N5. The van der Waals surface area contributed by atoms with Crippen LogP contribution in [0.4, 0.5) is 0 Å². The van der Waals surface area contributed by atoms with Crippen molar-refractivity contribution in [3.05, 3.63) is 65.5 Å². The maximum Gasteiger partial charge on any atom is 0.182 e. The Labute approximate surface area is 165 Å². The number of H-pyrrole nitrogens is 1. The first kappa shape index (κ1) is 18.3. The summed E-state index contributed by atoms with van der Waals surface area (Å²) in [5, 5.41) is 14.9. The van der Waals surface area contributed by atoms with Crippen molar-refractivity contribution >= 4 is 5.57 Å². The van der Waals surface area contributed by atoms with Crippen LogP contribution in [0.25, 0.3) is 28.1 Å². The minimum atomic E-state index is 0.668. The van der Waals surface area contributed by atoms with Gasteiger partial charge in [0, 0.05) is 5.69 Å². The zero-order valence-corrected chi connectivity index (χ0v) is 16.4. The number of hydrogen-bond acceptors (Lipinski definition) is 4. The van der Waals surface area contributed by atoms with E-state index in [2.05, 4.69) is 64.0 Å². The van der Waals surface area contributed by atoms with Gasteiger partial charge in [0.2, 0.25) is 0 Å². The van der Waals surface area contributed by atoms with E-state index in [4.69, 9.17) is 4.98 Å². The van der Waals surface area contributed by atoms with Gasteiger partial charge in [0.15, 0.2) is 5.82 Å². The van der Waals surface area contributed by atoms with E-state index >= 15 is 0 Å². The lowest BCUT2D eigenvalue weighted by Crippen LogP contribution is -2.07. The lowest BCUT2D eigenvalue weighted by Gasteiger charge is -2.20. The number of rotatable bonds is 4.